The second kappa shape index (κ2) is 12.3. The molecule has 5 heteroatoms. The van der Waals surface area contributed by atoms with E-state index in [-0.39, 0.29) is 29.7 Å². The SMILES string of the molecule is [2H]c1c([2H])c([2H])c(-c2cccc3c2sc2c(-c4cc(-c5nc(-c6ccccc6)nc(-c6ccc7c(c6)oc6ccccc67)n5)cc5ccccc45)cccc23)c([2H])c1[2H]. The topological polar surface area (TPSA) is 51.8 Å². The van der Waals surface area contributed by atoms with Crippen molar-refractivity contribution in [3.05, 3.63) is 176 Å². The summed E-state index contributed by atoms with van der Waals surface area (Å²) in [6, 6.07) is 47.0. The van der Waals surface area contributed by atoms with Crippen LogP contribution in [-0.2, 0) is 0 Å². The summed E-state index contributed by atoms with van der Waals surface area (Å²) in [6.45, 7) is 0. The number of nitrogens with zero attached hydrogens (tertiary/aromatic N) is 3. The molecular formula is C49H29N3OS. The fraction of sp³-hybridized carbons (Fsp3) is 0. The van der Waals surface area contributed by atoms with Gasteiger partial charge in [0, 0.05) is 53.2 Å². The molecule has 8 aromatic carbocycles. The number of thiophene rings is 1. The van der Waals surface area contributed by atoms with Crippen LogP contribution >= 0.6 is 11.3 Å². The summed E-state index contributed by atoms with van der Waals surface area (Å²) >= 11 is 1.56. The third-order valence-electron chi connectivity index (χ3n) is 10.0. The molecule has 3 aromatic heterocycles. The van der Waals surface area contributed by atoms with Crippen molar-refractivity contribution in [3.63, 3.8) is 0 Å². The number of rotatable bonds is 5. The van der Waals surface area contributed by atoms with Crippen LogP contribution in [0.3, 0.4) is 0 Å². The summed E-state index contributed by atoms with van der Waals surface area (Å²) in [5, 5.41) is 6.12. The van der Waals surface area contributed by atoms with E-state index in [9.17, 15) is 0 Å². The number of aromatic nitrogens is 3. The van der Waals surface area contributed by atoms with Crippen LogP contribution in [0, 0.1) is 0 Å². The molecule has 0 aliphatic heterocycles. The molecular weight excluding hydrogens is 679 g/mol. The van der Waals surface area contributed by atoms with E-state index in [0.717, 1.165) is 80.7 Å². The minimum Gasteiger partial charge on any atom is -0.456 e. The van der Waals surface area contributed by atoms with Crippen LogP contribution in [0.4, 0.5) is 0 Å². The highest BCUT2D eigenvalue weighted by Crippen LogP contribution is 2.45. The van der Waals surface area contributed by atoms with Gasteiger partial charge in [0.25, 0.3) is 0 Å². The molecule has 0 N–H and O–H groups in total. The first-order valence-corrected chi connectivity index (χ1v) is 18.4. The zero-order chi connectivity index (χ0) is 39.9. The highest BCUT2D eigenvalue weighted by Gasteiger charge is 2.19. The van der Waals surface area contributed by atoms with Crippen molar-refractivity contribution >= 4 is 64.2 Å². The molecule has 0 bridgehead atoms. The summed E-state index contributed by atoms with van der Waals surface area (Å²) in [7, 11) is 0. The van der Waals surface area contributed by atoms with Crippen LogP contribution in [0.25, 0.3) is 109 Å². The van der Waals surface area contributed by atoms with Gasteiger partial charge < -0.3 is 4.42 Å². The van der Waals surface area contributed by atoms with E-state index >= 15 is 0 Å². The summed E-state index contributed by atoms with van der Waals surface area (Å²) in [4.78, 5) is 15.2. The Labute approximate surface area is 321 Å². The Morgan fingerprint density at radius 2 is 1.04 bits per heavy atom. The predicted molar refractivity (Wildman–Crippen MR) is 225 cm³/mol. The Morgan fingerprint density at radius 1 is 0.407 bits per heavy atom. The average Bonchev–Trinajstić information content (AvgIpc) is 3.86. The molecule has 0 saturated heterocycles. The zero-order valence-electron chi connectivity index (χ0n) is 33.5. The number of benzene rings is 8. The molecule has 252 valence electrons. The maximum Gasteiger partial charge on any atom is 0.164 e. The van der Waals surface area contributed by atoms with Crippen LogP contribution in [0.5, 0.6) is 0 Å². The maximum atomic E-state index is 8.76. The van der Waals surface area contributed by atoms with E-state index in [4.69, 9.17) is 26.2 Å². The smallest absolute Gasteiger partial charge is 0.164 e. The molecule has 11 aromatic rings. The molecule has 0 spiro atoms. The Balaban J connectivity index is 1.13. The van der Waals surface area contributed by atoms with Gasteiger partial charge in [-0.15, -0.1) is 11.3 Å². The fourth-order valence-electron chi connectivity index (χ4n) is 7.49. The second-order valence-electron chi connectivity index (χ2n) is 13.2. The van der Waals surface area contributed by atoms with Crippen molar-refractivity contribution < 1.29 is 11.3 Å². The lowest BCUT2D eigenvalue weighted by molar-refractivity contribution is 0.669. The first-order chi connectivity index (χ1) is 28.8. The zero-order valence-corrected chi connectivity index (χ0v) is 29.3. The van der Waals surface area contributed by atoms with E-state index in [1.807, 2.05) is 97.1 Å². The number of hydrogen-bond donors (Lipinski definition) is 0. The van der Waals surface area contributed by atoms with Gasteiger partial charge in [0.2, 0.25) is 0 Å². The highest BCUT2D eigenvalue weighted by molar-refractivity contribution is 7.26. The third-order valence-corrected chi connectivity index (χ3v) is 11.3. The Bertz CT molecular complexity index is 3500. The second-order valence-corrected chi connectivity index (χ2v) is 14.2. The van der Waals surface area contributed by atoms with Gasteiger partial charge in [0.1, 0.15) is 11.2 Å². The minimum absolute atomic E-state index is 0.196. The number of para-hydroxylation sites is 1. The van der Waals surface area contributed by atoms with Gasteiger partial charge in [-0.1, -0.05) is 145 Å². The van der Waals surface area contributed by atoms with Crippen molar-refractivity contribution in [1.29, 1.82) is 0 Å². The van der Waals surface area contributed by atoms with Crippen LogP contribution in [-0.4, -0.2) is 15.0 Å². The van der Waals surface area contributed by atoms with Gasteiger partial charge in [0.05, 0.1) is 6.85 Å². The average molecular weight is 713 g/mol. The molecule has 0 amide bonds. The number of furan rings is 1. The lowest BCUT2D eigenvalue weighted by Gasteiger charge is -2.13. The molecule has 0 unspecified atom stereocenters. The predicted octanol–water partition coefficient (Wildman–Crippen LogP) is 13.6. The van der Waals surface area contributed by atoms with Crippen LogP contribution in [0.15, 0.2) is 180 Å². The number of hydrogen-bond acceptors (Lipinski definition) is 5. The van der Waals surface area contributed by atoms with E-state index in [2.05, 4.69) is 48.5 Å². The maximum absolute atomic E-state index is 8.76. The van der Waals surface area contributed by atoms with Crippen molar-refractivity contribution in [2.75, 3.05) is 0 Å². The molecule has 0 saturated carbocycles. The summed E-state index contributed by atoms with van der Waals surface area (Å²) in [5.41, 5.74) is 6.88. The monoisotopic (exact) mass is 712 g/mol. The van der Waals surface area contributed by atoms with Crippen LogP contribution < -0.4 is 0 Å². The molecule has 0 fully saturated rings. The van der Waals surface area contributed by atoms with E-state index in [1.54, 1.807) is 11.3 Å². The Morgan fingerprint density at radius 3 is 1.85 bits per heavy atom. The molecule has 54 heavy (non-hydrogen) atoms. The molecule has 0 aliphatic carbocycles. The van der Waals surface area contributed by atoms with Gasteiger partial charge in [-0.3, -0.25) is 0 Å². The van der Waals surface area contributed by atoms with Gasteiger partial charge in [-0.2, -0.15) is 0 Å². The lowest BCUT2D eigenvalue weighted by Crippen LogP contribution is -2.00. The molecule has 4 nitrogen and oxygen atoms in total. The molecule has 0 radical (unpaired) electrons. The van der Waals surface area contributed by atoms with Crippen molar-refractivity contribution in [2.45, 2.75) is 0 Å². The van der Waals surface area contributed by atoms with Crippen molar-refractivity contribution in [1.82, 2.24) is 15.0 Å². The largest absolute Gasteiger partial charge is 0.456 e. The minimum atomic E-state index is -0.408. The summed E-state index contributed by atoms with van der Waals surface area (Å²) < 4.78 is 50.6. The first-order valence-electron chi connectivity index (χ1n) is 20.1. The van der Waals surface area contributed by atoms with Gasteiger partial charge >= 0.3 is 0 Å². The fourth-order valence-corrected chi connectivity index (χ4v) is 8.84. The molecule has 11 rings (SSSR count). The first kappa shape index (κ1) is 25.9. The van der Waals surface area contributed by atoms with E-state index in [1.165, 1.54) is 0 Å². The van der Waals surface area contributed by atoms with Gasteiger partial charge in [0.15, 0.2) is 17.5 Å². The van der Waals surface area contributed by atoms with Crippen LogP contribution in [0.1, 0.15) is 6.85 Å². The Hall–Kier alpha value is -6.95. The summed E-state index contributed by atoms with van der Waals surface area (Å²) in [5.74, 6) is 1.60. The lowest BCUT2D eigenvalue weighted by atomic mass is 9.94. The summed E-state index contributed by atoms with van der Waals surface area (Å²) in [6.07, 6.45) is 0. The number of fused-ring (bicyclic) bond motifs is 7. The standard InChI is InChI=1S/C49H29N3OS/c1-3-13-30(14-4-1)36-20-11-21-39-40-22-12-23-41(46(40)54-45(36)39)42-28-34(27-32-17-7-8-18-35(32)42)49-51-47(31-15-5-2-6-16-31)50-48(52-49)33-25-26-38-37-19-9-10-24-43(37)53-44(38)29-33/h1-29H/i1D,3D,4D,13D,14D. The quantitative estimate of drug-likeness (QED) is 0.178. The van der Waals surface area contributed by atoms with Crippen molar-refractivity contribution in [2.24, 2.45) is 0 Å². The third kappa shape index (κ3) is 5.01. The van der Waals surface area contributed by atoms with Gasteiger partial charge in [-0.05, 0) is 57.8 Å². The molecule has 0 atom stereocenters. The van der Waals surface area contributed by atoms with Gasteiger partial charge in [-0.25, -0.2) is 15.0 Å². The van der Waals surface area contributed by atoms with Crippen LogP contribution in [0.2, 0.25) is 0 Å². The van der Waals surface area contributed by atoms with E-state index < -0.39 is 6.04 Å². The molecule has 0 aliphatic rings. The normalized spacial score (nSPS) is 13.0. The van der Waals surface area contributed by atoms with E-state index in [0.29, 0.717) is 23.0 Å². The molecule has 3 heterocycles. The highest BCUT2D eigenvalue weighted by atomic mass is 32.1. The Kier molecular flexibility index (Phi) is 5.92. The van der Waals surface area contributed by atoms with Crippen molar-refractivity contribution in [3.8, 4) is 56.4 Å².